The molecule has 2 rings (SSSR count). The molecule has 1 aromatic carbocycles. The van der Waals surface area contributed by atoms with Gasteiger partial charge >= 0.3 is 0 Å². The van der Waals surface area contributed by atoms with Crippen LogP contribution in [0.25, 0.3) is 0 Å². The van der Waals surface area contributed by atoms with Crippen molar-refractivity contribution in [3.63, 3.8) is 0 Å². The Morgan fingerprint density at radius 3 is 2.61 bits per heavy atom. The van der Waals surface area contributed by atoms with Crippen LogP contribution in [0, 0.1) is 0 Å². The highest BCUT2D eigenvalue weighted by Crippen LogP contribution is 2.25. The first kappa shape index (κ1) is 13.2. The SMILES string of the molecule is CCc1cc(OC(C)(C)CN2CCC2)ccc1N. The van der Waals surface area contributed by atoms with Gasteiger partial charge in [0.15, 0.2) is 0 Å². The van der Waals surface area contributed by atoms with Crippen LogP contribution in [0.2, 0.25) is 0 Å². The number of likely N-dealkylation sites (tertiary alicyclic amines) is 1. The summed E-state index contributed by atoms with van der Waals surface area (Å²) >= 11 is 0. The molecule has 3 heteroatoms. The zero-order valence-electron chi connectivity index (χ0n) is 11.7. The topological polar surface area (TPSA) is 38.5 Å². The molecule has 1 saturated heterocycles. The van der Waals surface area contributed by atoms with Gasteiger partial charge in [0.25, 0.3) is 0 Å². The lowest BCUT2D eigenvalue weighted by Crippen LogP contribution is -2.48. The molecule has 0 saturated carbocycles. The average molecular weight is 248 g/mol. The minimum Gasteiger partial charge on any atom is -0.487 e. The van der Waals surface area contributed by atoms with Crippen molar-refractivity contribution in [3.8, 4) is 5.75 Å². The quantitative estimate of drug-likeness (QED) is 0.814. The Balaban J connectivity index is 2.02. The summed E-state index contributed by atoms with van der Waals surface area (Å²) in [6.07, 6.45) is 2.26. The van der Waals surface area contributed by atoms with Crippen molar-refractivity contribution < 1.29 is 4.74 Å². The maximum Gasteiger partial charge on any atom is 0.120 e. The van der Waals surface area contributed by atoms with Crippen molar-refractivity contribution >= 4 is 5.69 Å². The van der Waals surface area contributed by atoms with E-state index in [9.17, 15) is 0 Å². The second kappa shape index (κ2) is 5.19. The number of anilines is 1. The van der Waals surface area contributed by atoms with Gasteiger partial charge in [0, 0.05) is 12.2 Å². The molecule has 0 radical (unpaired) electrons. The fraction of sp³-hybridized carbons (Fsp3) is 0.600. The highest BCUT2D eigenvalue weighted by molar-refractivity contribution is 5.50. The summed E-state index contributed by atoms with van der Waals surface area (Å²) in [4.78, 5) is 2.43. The maximum atomic E-state index is 6.11. The molecule has 1 fully saturated rings. The first-order valence-electron chi connectivity index (χ1n) is 6.80. The molecule has 0 bridgehead atoms. The Hall–Kier alpha value is -1.22. The lowest BCUT2D eigenvalue weighted by Gasteiger charge is -2.38. The number of aryl methyl sites for hydroxylation is 1. The molecule has 0 spiro atoms. The average Bonchev–Trinajstić information content (AvgIpc) is 2.26. The number of nitrogen functional groups attached to an aromatic ring is 1. The largest absolute Gasteiger partial charge is 0.487 e. The molecule has 100 valence electrons. The number of benzene rings is 1. The highest BCUT2D eigenvalue weighted by atomic mass is 16.5. The molecule has 0 aliphatic carbocycles. The molecular weight excluding hydrogens is 224 g/mol. The minimum atomic E-state index is -0.151. The van der Waals surface area contributed by atoms with Crippen LogP contribution in [0.5, 0.6) is 5.75 Å². The molecule has 3 nitrogen and oxygen atoms in total. The van der Waals surface area contributed by atoms with Crippen molar-refractivity contribution in [2.45, 2.75) is 39.2 Å². The zero-order chi connectivity index (χ0) is 13.2. The van der Waals surface area contributed by atoms with Crippen LogP contribution in [-0.4, -0.2) is 30.1 Å². The van der Waals surface area contributed by atoms with E-state index < -0.39 is 0 Å². The molecule has 1 aromatic rings. The number of hydrogen-bond donors (Lipinski definition) is 1. The van der Waals surface area contributed by atoms with Gasteiger partial charge in [0.1, 0.15) is 11.4 Å². The van der Waals surface area contributed by atoms with Gasteiger partial charge in [-0.3, -0.25) is 4.90 Å². The Labute approximate surface area is 110 Å². The van der Waals surface area contributed by atoms with E-state index in [1.165, 1.54) is 19.5 Å². The van der Waals surface area contributed by atoms with E-state index in [4.69, 9.17) is 10.5 Å². The van der Waals surface area contributed by atoms with Gasteiger partial charge < -0.3 is 10.5 Å². The molecule has 0 unspecified atom stereocenters. The molecule has 0 amide bonds. The first-order chi connectivity index (χ1) is 8.50. The molecule has 1 aliphatic heterocycles. The summed E-state index contributed by atoms with van der Waals surface area (Å²) in [6.45, 7) is 9.80. The smallest absolute Gasteiger partial charge is 0.120 e. The van der Waals surface area contributed by atoms with E-state index in [-0.39, 0.29) is 5.60 Å². The molecule has 2 N–H and O–H groups in total. The predicted molar refractivity (Wildman–Crippen MR) is 76.0 cm³/mol. The minimum absolute atomic E-state index is 0.151. The third-order valence-corrected chi connectivity index (χ3v) is 3.44. The summed E-state index contributed by atoms with van der Waals surface area (Å²) in [5.41, 5.74) is 7.77. The fourth-order valence-corrected chi connectivity index (χ4v) is 2.38. The molecule has 0 atom stereocenters. The third-order valence-electron chi connectivity index (χ3n) is 3.44. The van der Waals surface area contributed by atoms with Crippen molar-refractivity contribution in [2.24, 2.45) is 0 Å². The third kappa shape index (κ3) is 3.16. The fourth-order valence-electron chi connectivity index (χ4n) is 2.38. The van der Waals surface area contributed by atoms with Crippen LogP contribution in [0.3, 0.4) is 0 Å². The van der Waals surface area contributed by atoms with E-state index in [1.807, 2.05) is 12.1 Å². The van der Waals surface area contributed by atoms with Crippen LogP contribution >= 0.6 is 0 Å². The van der Waals surface area contributed by atoms with E-state index in [1.54, 1.807) is 0 Å². The summed E-state index contributed by atoms with van der Waals surface area (Å²) < 4.78 is 6.11. The summed E-state index contributed by atoms with van der Waals surface area (Å²) in [5, 5.41) is 0. The number of nitrogens with zero attached hydrogens (tertiary/aromatic N) is 1. The standard InChI is InChI=1S/C15H24N2O/c1-4-12-10-13(6-7-14(12)16)18-15(2,3)11-17-8-5-9-17/h6-7,10H,4-5,8-9,11,16H2,1-3H3. The first-order valence-corrected chi connectivity index (χ1v) is 6.80. The van der Waals surface area contributed by atoms with Gasteiger partial charge in [-0.05, 0) is 63.5 Å². The highest BCUT2D eigenvalue weighted by Gasteiger charge is 2.26. The Kier molecular flexibility index (Phi) is 3.81. The molecule has 0 aromatic heterocycles. The molecular formula is C15H24N2O. The Morgan fingerprint density at radius 1 is 1.33 bits per heavy atom. The summed E-state index contributed by atoms with van der Waals surface area (Å²) in [7, 11) is 0. The van der Waals surface area contributed by atoms with Crippen molar-refractivity contribution in [3.05, 3.63) is 23.8 Å². The molecule has 1 aliphatic rings. The van der Waals surface area contributed by atoms with Gasteiger partial charge in [-0.15, -0.1) is 0 Å². The second-order valence-corrected chi connectivity index (χ2v) is 5.71. The lowest BCUT2D eigenvalue weighted by molar-refractivity contribution is 0.0352. The van der Waals surface area contributed by atoms with Crippen LogP contribution < -0.4 is 10.5 Å². The van der Waals surface area contributed by atoms with Crippen LogP contribution in [0.1, 0.15) is 32.8 Å². The predicted octanol–water partition coefficient (Wildman–Crippen LogP) is 2.69. The summed E-state index contributed by atoms with van der Waals surface area (Å²) in [5.74, 6) is 0.923. The van der Waals surface area contributed by atoms with Crippen molar-refractivity contribution in [1.29, 1.82) is 0 Å². The number of rotatable bonds is 5. The van der Waals surface area contributed by atoms with Crippen molar-refractivity contribution in [2.75, 3.05) is 25.4 Å². The number of nitrogens with two attached hydrogens (primary N) is 1. The zero-order valence-corrected chi connectivity index (χ0v) is 11.7. The van der Waals surface area contributed by atoms with E-state index in [2.05, 4.69) is 31.7 Å². The van der Waals surface area contributed by atoms with Gasteiger partial charge in [-0.2, -0.15) is 0 Å². The lowest BCUT2D eigenvalue weighted by atomic mass is 10.1. The van der Waals surface area contributed by atoms with Crippen LogP contribution in [0.4, 0.5) is 5.69 Å². The Bertz CT molecular complexity index is 411. The van der Waals surface area contributed by atoms with E-state index >= 15 is 0 Å². The van der Waals surface area contributed by atoms with Crippen LogP contribution in [-0.2, 0) is 6.42 Å². The second-order valence-electron chi connectivity index (χ2n) is 5.71. The van der Waals surface area contributed by atoms with Gasteiger partial charge in [0.2, 0.25) is 0 Å². The monoisotopic (exact) mass is 248 g/mol. The number of hydrogen-bond acceptors (Lipinski definition) is 3. The van der Waals surface area contributed by atoms with Crippen molar-refractivity contribution in [1.82, 2.24) is 4.90 Å². The summed E-state index contributed by atoms with van der Waals surface area (Å²) in [6, 6.07) is 5.97. The number of ether oxygens (including phenoxy) is 1. The molecule has 1 heterocycles. The van der Waals surface area contributed by atoms with Crippen LogP contribution in [0.15, 0.2) is 18.2 Å². The van der Waals surface area contributed by atoms with E-state index in [0.29, 0.717) is 0 Å². The molecule has 18 heavy (non-hydrogen) atoms. The van der Waals surface area contributed by atoms with Gasteiger partial charge in [0.05, 0.1) is 0 Å². The normalized spacial score (nSPS) is 16.4. The van der Waals surface area contributed by atoms with Gasteiger partial charge in [-0.25, -0.2) is 0 Å². The Morgan fingerprint density at radius 2 is 2.06 bits per heavy atom. The van der Waals surface area contributed by atoms with E-state index in [0.717, 1.165) is 30.0 Å². The van der Waals surface area contributed by atoms with Gasteiger partial charge in [-0.1, -0.05) is 6.92 Å². The maximum absolute atomic E-state index is 6.11.